The van der Waals surface area contributed by atoms with Crippen LogP contribution in [0, 0.1) is 5.92 Å². The van der Waals surface area contributed by atoms with Gasteiger partial charge in [0.2, 0.25) is 0 Å². The van der Waals surface area contributed by atoms with Gasteiger partial charge in [-0.15, -0.1) is 0 Å². The molecule has 1 amide bonds. The summed E-state index contributed by atoms with van der Waals surface area (Å²) in [7, 11) is 0. The molecule has 4 heteroatoms. The van der Waals surface area contributed by atoms with Gasteiger partial charge in [0.1, 0.15) is 0 Å². The van der Waals surface area contributed by atoms with Crippen LogP contribution in [0.3, 0.4) is 0 Å². The van der Waals surface area contributed by atoms with Crippen LogP contribution in [0.5, 0.6) is 0 Å². The molecule has 4 rings (SSSR count). The first-order valence-corrected chi connectivity index (χ1v) is 7.53. The first kappa shape index (κ1) is 13.4. The van der Waals surface area contributed by atoms with Crippen molar-refractivity contribution in [2.24, 2.45) is 10.9 Å². The number of aliphatic imine (C=N–C) groups is 1. The fraction of sp³-hybridized carbons (Fsp3) is 0.222. The molecule has 2 aliphatic rings. The summed E-state index contributed by atoms with van der Waals surface area (Å²) < 4.78 is 0. The maximum atomic E-state index is 12.3. The van der Waals surface area contributed by atoms with Crippen LogP contribution in [-0.4, -0.2) is 18.2 Å². The molecule has 4 atom stereocenters. The number of hydrogen-bond donors (Lipinski definition) is 2. The zero-order valence-corrected chi connectivity index (χ0v) is 12.0. The molecule has 0 aromatic heterocycles. The zero-order chi connectivity index (χ0) is 14.9. The van der Waals surface area contributed by atoms with Crippen molar-refractivity contribution in [3.63, 3.8) is 0 Å². The number of amides is 1. The van der Waals surface area contributed by atoms with Gasteiger partial charge in [-0.1, -0.05) is 60.7 Å². The highest BCUT2D eigenvalue weighted by Gasteiger charge is 2.46. The minimum absolute atomic E-state index is 0.0335. The Bertz CT molecular complexity index is 699. The van der Waals surface area contributed by atoms with Crippen molar-refractivity contribution in [2.45, 2.75) is 18.0 Å². The Hall–Kier alpha value is -2.30. The van der Waals surface area contributed by atoms with Crippen molar-refractivity contribution in [2.75, 3.05) is 0 Å². The van der Waals surface area contributed by atoms with Gasteiger partial charge >= 0.3 is 0 Å². The second-order valence-electron chi connectivity index (χ2n) is 5.78. The third kappa shape index (κ3) is 2.17. The first-order valence-electron chi connectivity index (χ1n) is 7.53. The largest absolute Gasteiger partial charge is 0.272 e. The van der Waals surface area contributed by atoms with Crippen LogP contribution >= 0.6 is 0 Å². The molecule has 0 aliphatic carbocycles. The summed E-state index contributed by atoms with van der Waals surface area (Å²) in [5, 5.41) is 0. The maximum Gasteiger partial charge on any atom is 0.251 e. The zero-order valence-electron chi connectivity index (χ0n) is 12.0. The fourth-order valence-corrected chi connectivity index (χ4v) is 3.50. The summed E-state index contributed by atoms with van der Waals surface area (Å²) in [6.45, 7) is 0. The standard InChI is InChI=1S/C18H17N3O/c22-18-16-14(11-19-18)20-21-17(13-9-5-2-6-10-13)15(16)12-7-3-1-4-8-12/h1-11,14-17,20-21H. The fourth-order valence-electron chi connectivity index (χ4n) is 3.50. The number of hydrogen-bond acceptors (Lipinski definition) is 3. The minimum atomic E-state index is -0.158. The highest BCUT2D eigenvalue weighted by Crippen LogP contribution is 2.42. The van der Waals surface area contributed by atoms with E-state index in [4.69, 9.17) is 0 Å². The quantitative estimate of drug-likeness (QED) is 0.892. The Morgan fingerprint density at radius 2 is 1.41 bits per heavy atom. The van der Waals surface area contributed by atoms with Gasteiger partial charge in [-0.3, -0.25) is 4.79 Å². The SMILES string of the molecule is O=C1N=CC2NNC(c3ccccc3)C(c3ccccc3)C12. The third-order valence-corrected chi connectivity index (χ3v) is 4.53. The van der Waals surface area contributed by atoms with E-state index in [1.165, 1.54) is 11.1 Å². The molecule has 0 spiro atoms. The number of carbonyl (C=O) groups excluding carboxylic acids is 1. The molecule has 22 heavy (non-hydrogen) atoms. The van der Waals surface area contributed by atoms with Gasteiger partial charge < -0.3 is 0 Å². The van der Waals surface area contributed by atoms with Crippen molar-refractivity contribution >= 4 is 12.1 Å². The lowest BCUT2D eigenvalue weighted by molar-refractivity contribution is -0.122. The second-order valence-corrected chi connectivity index (χ2v) is 5.78. The van der Waals surface area contributed by atoms with Crippen LogP contribution in [0.1, 0.15) is 23.1 Å². The van der Waals surface area contributed by atoms with Crippen LogP contribution in [0.2, 0.25) is 0 Å². The van der Waals surface area contributed by atoms with Gasteiger partial charge in [-0.25, -0.2) is 15.8 Å². The maximum absolute atomic E-state index is 12.3. The summed E-state index contributed by atoms with van der Waals surface area (Å²) in [5.41, 5.74) is 8.96. The van der Waals surface area contributed by atoms with E-state index in [0.29, 0.717) is 0 Å². The topological polar surface area (TPSA) is 53.5 Å². The highest BCUT2D eigenvalue weighted by atomic mass is 16.1. The molecule has 4 nitrogen and oxygen atoms in total. The first-order chi connectivity index (χ1) is 10.8. The predicted molar refractivity (Wildman–Crippen MR) is 85.4 cm³/mol. The third-order valence-electron chi connectivity index (χ3n) is 4.53. The van der Waals surface area contributed by atoms with Crippen molar-refractivity contribution in [3.05, 3.63) is 71.8 Å². The summed E-state index contributed by atoms with van der Waals surface area (Å²) in [6.07, 6.45) is 1.72. The molecule has 0 radical (unpaired) electrons. The van der Waals surface area contributed by atoms with Crippen molar-refractivity contribution < 1.29 is 4.79 Å². The van der Waals surface area contributed by atoms with E-state index in [1.54, 1.807) is 6.21 Å². The molecule has 110 valence electrons. The molecule has 0 saturated carbocycles. The summed E-state index contributed by atoms with van der Waals surface area (Å²) in [6, 6.07) is 20.5. The summed E-state index contributed by atoms with van der Waals surface area (Å²) in [4.78, 5) is 16.3. The summed E-state index contributed by atoms with van der Waals surface area (Å²) >= 11 is 0. The Morgan fingerprint density at radius 3 is 2.09 bits per heavy atom. The van der Waals surface area contributed by atoms with E-state index < -0.39 is 0 Å². The number of carbonyl (C=O) groups is 1. The van der Waals surface area contributed by atoms with E-state index in [9.17, 15) is 4.79 Å². The lowest BCUT2D eigenvalue weighted by atomic mass is 9.74. The Balaban J connectivity index is 1.79. The molecule has 2 aromatic rings. The van der Waals surface area contributed by atoms with E-state index >= 15 is 0 Å². The van der Waals surface area contributed by atoms with Gasteiger partial charge in [0.25, 0.3) is 5.91 Å². The molecule has 0 bridgehead atoms. The molecule has 4 unspecified atom stereocenters. The van der Waals surface area contributed by atoms with E-state index in [-0.39, 0.29) is 29.8 Å². The van der Waals surface area contributed by atoms with Crippen LogP contribution in [0.15, 0.2) is 65.7 Å². The lowest BCUT2D eigenvalue weighted by Gasteiger charge is -2.40. The molecule has 2 aliphatic heterocycles. The molecule has 2 N–H and O–H groups in total. The number of nitrogens with zero attached hydrogens (tertiary/aromatic N) is 1. The molecule has 1 saturated heterocycles. The smallest absolute Gasteiger partial charge is 0.251 e. The Morgan fingerprint density at radius 1 is 0.773 bits per heavy atom. The van der Waals surface area contributed by atoms with Crippen LogP contribution in [0.25, 0.3) is 0 Å². The molecule has 2 aromatic carbocycles. The monoisotopic (exact) mass is 291 g/mol. The number of hydrazine groups is 1. The molecule has 1 fully saturated rings. The normalized spacial score (nSPS) is 30.3. The molecule has 2 heterocycles. The van der Waals surface area contributed by atoms with E-state index in [0.717, 1.165) is 0 Å². The van der Waals surface area contributed by atoms with E-state index in [1.807, 2.05) is 36.4 Å². The lowest BCUT2D eigenvalue weighted by Crippen LogP contribution is -2.56. The Kier molecular flexibility index (Phi) is 3.33. The number of nitrogens with one attached hydrogen (secondary N) is 2. The van der Waals surface area contributed by atoms with Crippen molar-refractivity contribution in [1.29, 1.82) is 0 Å². The number of fused-ring (bicyclic) bond motifs is 1. The average molecular weight is 291 g/mol. The van der Waals surface area contributed by atoms with Gasteiger partial charge in [-0.05, 0) is 11.1 Å². The highest BCUT2D eigenvalue weighted by molar-refractivity contribution is 5.97. The van der Waals surface area contributed by atoms with Crippen LogP contribution in [-0.2, 0) is 4.79 Å². The van der Waals surface area contributed by atoms with Crippen molar-refractivity contribution in [3.8, 4) is 0 Å². The van der Waals surface area contributed by atoms with Gasteiger partial charge in [0.05, 0.1) is 18.0 Å². The van der Waals surface area contributed by atoms with Crippen molar-refractivity contribution in [1.82, 2.24) is 10.9 Å². The Labute approximate surface area is 129 Å². The van der Waals surface area contributed by atoms with Gasteiger partial charge in [-0.2, -0.15) is 0 Å². The minimum Gasteiger partial charge on any atom is -0.272 e. The average Bonchev–Trinajstić information content (AvgIpc) is 2.97. The van der Waals surface area contributed by atoms with E-state index in [2.05, 4.69) is 40.1 Å². The van der Waals surface area contributed by atoms with Crippen LogP contribution in [0.4, 0.5) is 0 Å². The van der Waals surface area contributed by atoms with Gasteiger partial charge in [0.15, 0.2) is 0 Å². The second kappa shape index (κ2) is 5.48. The summed E-state index contributed by atoms with van der Waals surface area (Å²) in [5.74, 6) is -0.132. The predicted octanol–water partition coefficient (Wildman–Crippen LogP) is 2.22. The number of benzene rings is 2. The van der Waals surface area contributed by atoms with Crippen LogP contribution < -0.4 is 10.9 Å². The van der Waals surface area contributed by atoms with Gasteiger partial charge in [0, 0.05) is 12.1 Å². The number of rotatable bonds is 2. The molecular weight excluding hydrogens is 274 g/mol. The molecular formula is C18H17N3O.